The fourth-order valence-corrected chi connectivity index (χ4v) is 2.25. The van der Waals surface area contributed by atoms with Crippen LogP contribution in [0, 0.1) is 6.92 Å². The molecule has 0 radical (unpaired) electrons. The van der Waals surface area contributed by atoms with Crippen LogP contribution in [0.15, 0.2) is 4.99 Å². The predicted molar refractivity (Wildman–Crippen MR) is 73.4 cm³/mol. The number of hydrogen-bond donors (Lipinski definition) is 3. The number of aliphatic hydroxyl groups is 1. The largest absolute Gasteiger partial charge is 0.416 e. The number of aryl methyl sites for hydroxylation is 2. The number of aliphatic imine (C=N–C) groups is 1. The van der Waals surface area contributed by atoms with Crippen molar-refractivity contribution in [3.05, 3.63) is 11.6 Å². The molecule has 1 aliphatic heterocycles. The Balaban J connectivity index is 1.87. The summed E-state index contributed by atoms with van der Waals surface area (Å²) in [5.41, 5.74) is 0. The molecular weight excluding hydrogens is 301 g/mol. The minimum Gasteiger partial charge on any atom is -0.382 e. The number of nitrogens with zero attached hydrogens (tertiary/aromatic N) is 4. The molecule has 0 saturated heterocycles. The number of nitrogens with one attached hydrogen (secondary N) is 2. The third-order valence-corrected chi connectivity index (χ3v) is 3.37. The van der Waals surface area contributed by atoms with Crippen molar-refractivity contribution >= 4 is 5.96 Å². The van der Waals surface area contributed by atoms with Gasteiger partial charge in [0, 0.05) is 19.5 Å². The van der Waals surface area contributed by atoms with Crippen LogP contribution in [0.25, 0.3) is 0 Å². The van der Waals surface area contributed by atoms with E-state index in [2.05, 4.69) is 25.7 Å². The first-order valence-corrected chi connectivity index (χ1v) is 6.92. The Labute approximate surface area is 125 Å². The zero-order valence-corrected chi connectivity index (χ0v) is 12.4. The van der Waals surface area contributed by atoms with E-state index in [9.17, 15) is 13.2 Å². The third-order valence-electron chi connectivity index (χ3n) is 3.37. The van der Waals surface area contributed by atoms with E-state index < -0.39 is 18.8 Å². The highest BCUT2D eigenvalue weighted by molar-refractivity contribution is 5.80. The second-order valence-electron chi connectivity index (χ2n) is 5.15. The average molecular weight is 320 g/mol. The van der Waals surface area contributed by atoms with Crippen LogP contribution in [-0.4, -0.2) is 57.7 Å². The summed E-state index contributed by atoms with van der Waals surface area (Å²) in [5, 5.41) is 18.7. The molecule has 1 aliphatic rings. The fraction of sp³-hybridized carbons (Fsp3) is 0.750. The van der Waals surface area contributed by atoms with Crippen molar-refractivity contribution in [3.8, 4) is 0 Å². The Hall–Kier alpha value is -1.84. The van der Waals surface area contributed by atoms with Gasteiger partial charge in [0.25, 0.3) is 0 Å². The monoisotopic (exact) mass is 320 g/mol. The highest BCUT2D eigenvalue weighted by atomic mass is 19.4. The van der Waals surface area contributed by atoms with Crippen LogP contribution >= 0.6 is 0 Å². The molecule has 2 unspecified atom stereocenters. The standard InChI is InChI=1S/C12H19F3N6O/c1-7-18-10-4-3-8(6-21(10)20-7)19-11(16-2)17-5-9(22)12(13,14)15/h8-9,22H,3-6H2,1-2H3,(H2,16,17,19). The zero-order valence-electron chi connectivity index (χ0n) is 12.4. The molecule has 3 N–H and O–H groups in total. The van der Waals surface area contributed by atoms with Crippen molar-refractivity contribution in [1.29, 1.82) is 0 Å². The van der Waals surface area contributed by atoms with E-state index in [1.165, 1.54) is 7.05 Å². The molecule has 0 aromatic carbocycles. The number of halogens is 3. The van der Waals surface area contributed by atoms with Crippen LogP contribution in [0.1, 0.15) is 18.1 Å². The van der Waals surface area contributed by atoms with Gasteiger partial charge >= 0.3 is 6.18 Å². The second-order valence-corrected chi connectivity index (χ2v) is 5.15. The van der Waals surface area contributed by atoms with Gasteiger partial charge in [-0.25, -0.2) is 9.67 Å². The highest BCUT2D eigenvalue weighted by Crippen LogP contribution is 2.19. The van der Waals surface area contributed by atoms with E-state index in [0.717, 1.165) is 18.7 Å². The SMILES string of the molecule is CN=C(NCC(O)C(F)(F)F)NC1CCc2nc(C)nn2C1. The van der Waals surface area contributed by atoms with Gasteiger partial charge in [-0.1, -0.05) is 0 Å². The molecule has 10 heteroatoms. The molecular formula is C12H19F3N6O. The summed E-state index contributed by atoms with van der Waals surface area (Å²) in [6.07, 6.45) is -5.56. The van der Waals surface area contributed by atoms with Crippen molar-refractivity contribution in [2.24, 2.45) is 4.99 Å². The van der Waals surface area contributed by atoms with Crippen LogP contribution in [0.2, 0.25) is 0 Å². The summed E-state index contributed by atoms with van der Waals surface area (Å²) >= 11 is 0. The minimum atomic E-state index is -4.65. The molecule has 1 aromatic heterocycles. The Morgan fingerprint density at radius 3 is 2.91 bits per heavy atom. The number of fused-ring (bicyclic) bond motifs is 1. The Kier molecular flexibility index (Phi) is 4.89. The van der Waals surface area contributed by atoms with E-state index in [4.69, 9.17) is 5.11 Å². The van der Waals surface area contributed by atoms with E-state index in [1.807, 2.05) is 6.92 Å². The number of guanidine groups is 1. The number of aliphatic hydroxyl groups excluding tert-OH is 1. The summed E-state index contributed by atoms with van der Waals surface area (Å²) in [4.78, 5) is 8.16. The maximum Gasteiger partial charge on any atom is 0.416 e. The van der Waals surface area contributed by atoms with Crippen molar-refractivity contribution in [2.75, 3.05) is 13.6 Å². The second kappa shape index (κ2) is 6.51. The van der Waals surface area contributed by atoms with Crippen LogP contribution in [0.4, 0.5) is 13.2 Å². The summed E-state index contributed by atoms with van der Waals surface area (Å²) in [7, 11) is 1.46. The lowest BCUT2D eigenvalue weighted by atomic mass is 10.1. The van der Waals surface area contributed by atoms with Gasteiger partial charge in [0.15, 0.2) is 12.1 Å². The van der Waals surface area contributed by atoms with Crippen molar-refractivity contribution in [2.45, 2.75) is 44.6 Å². The van der Waals surface area contributed by atoms with E-state index >= 15 is 0 Å². The highest BCUT2D eigenvalue weighted by Gasteiger charge is 2.38. The first kappa shape index (κ1) is 16.5. The molecule has 0 saturated carbocycles. The number of aromatic nitrogens is 3. The van der Waals surface area contributed by atoms with Crippen LogP contribution in [0.5, 0.6) is 0 Å². The molecule has 0 bridgehead atoms. The predicted octanol–water partition coefficient (Wildman–Crippen LogP) is -0.0105. The van der Waals surface area contributed by atoms with Gasteiger partial charge < -0.3 is 15.7 Å². The lowest BCUT2D eigenvalue weighted by Gasteiger charge is -2.26. The third kappa shape index (κ3) is 4.09. The molecule has 0 fully saturated rings. The van der Waals surface area contributed by atoms with E-state index in [1.54, 1.807) is 4.68 Å². The lowest BCUT2D eigenvalue weighted by molar-refractivity contribution is -0.201. The van der Waals surface area contributed by atoms with Gasteiger partial charge in [-0.15, -0.1) is 0 Å². The van der Waals surface area contributed by atoms with Crippen LogP contribution in [-0.2, 0) is 13.0 Å². The molecule has 0 spiro atoms. The Morgan fingerprint density at radius 1 is 1.55 bits per heavy atom. The number of rotatable bonds is 3. The molecule has 1 aromatic rings. The van der Waals surface area contributed by atoms with Crippen LogP contribution < -0.4 is 10.6 Å². The topological polar surface area (TPSA) is 87.4 Å². The zero-order chi connectivity index (χ0) is 16.3. The number of alkyl halides is 3. The number of hydrogen-bond acceptors (Lipinski definition) is 4. The normalized spacial score (nSPS) is 20.5. The fourth-order valence-electron chi connectivity index (χ4n) is 2.25. The maximum atomic E-state index is 12.3. The molecule has 2 atom stereocenters. The summed E-state index contributed by atoms with van der Waals surface area (Å²) < 4.78 is 38.6. The quantitative estimate of drug-likeness (QED) is 0.539. The first-order chi connectivity index (χ1) is 10.3. The van der Waals surface area contributed by atoms with E-state index in [0.29, 0.717) is 12.4 Å². The van der Waals surface area contributed by atoms with Crippen molar-refractivity contribution in [1.82, 2.24) is 25.4 Å². The summed E-state index contributed by atoms with van der Waals surface area (Å²) in [5.74, 6) is 1.83. The smallest absolute Gasteiger partial charge is 0.382 e. The van der Waals surface area contributed by atoms with Crippen molar-refractivity contribution < 1.29 is 18.3 Å². The molecule has 124 valence electrons. The lowest BCUT2D eigenvalue weighted by Crippen LogP contribution is -2.50. The first-order valence-electron chi connectivity index (χ1n) is 6.92. The van der Waals surface area contributed by atoms with Gasteiger partial charge in [0.05, 0.1) is 13.1 Å². The molecule has 2 rings (SSSR count). The van der Waals surface area contributed by atoms with E-state index in [-0.39, 0.29) is 12.0 Å². The molecule has 22 heavy (non-hydrogen) atoms. The molecule has 0 aliphatic carbocycles. The van der Waals surface area contributed by atoms with Gasteiger partial charge in [-0.05, 0) is 13.3 Å². The summed E-state index contributed by atoms with van der Waals surface area (Å²) in [6.45, 7) is 1.73. The van der Waals surface area contributed by atoms with Gasteiger partial charge in [-0.2, -0.15) is 18.3 Å². The molecule has 2 heterocycles. The van der Waals surface area contributed by atoms with Gasteiger partial charge in [0.2, 0.25) is 0 Å². The van der Waals surface area contributed by atoms with Crippen molar-refractivity contribution in [3.63, 3.8) is 0 Å². The van der Waals surface area contributed by atoms with Gasteiger partial charge in [-0.3, -0.25) is 4.99 Å². The Morgan fingerprint density at radius 2 is 2.27 bits per heavy atom. The molecule has 0 amide bonds. The maximum absolute atomic E-state index is 12.3. The molecule has 7 nitrogen and oxygen atoms in total. The Bertz CT molecular complexity index is 541. The minimum absolute atomic E-state index is 0.0113. The van der Waals surface area contributed by atoms with Crippen LogP contribution in [0.3, 0.4) is 0 Å². The van der Waals surface area contributed by atoms with Gasteiger partial charge in [0.1, 0.15) is 11.6 Å². The average Bonchev–Trinajstić information content (AvgIpc) is 2.81. The summed E-state index contributed by atoms with van der Waals surface area (Å²) in [6, 6.07) is -0.0113.